The molecule has 0 saturated heterocycles. The third-order valence-electron chi connectivity index (χ3n) is 2.29. The van der Waals surface area contributed by atoms with Crippen LogP contribution >= 0.6 is 11.6 Å². The molecule has 14 heavy (non-hydrogen) atoms. The highest BCUT2D eigenvalue weighted by molar-refractivity contribution is 6.35. The van der Waals surface area contributed by atoms with Gasteiger partial charge in [-0.25, -0.2) is 4.98 Å². The molecule has 0 amide bonds. The van der Waals surface area contributed by atoms with E-state index >= 15 is 0 Å². The van der Waals surface area contributed by atoms with Crippen LogP contribution in [0.25, 0.3) is 10.9 Å². The highest BCUT2D eigenvalue weighted by Gasteiger charge is 2.03. The molecule has 1 aromatic carbocycles. The number of hydrogen-bond donors (Lipinski definition) is 1. The van der Waals surface area contributed by atoms with E-state index in [1.807, 2.05) is 31.2 Å². The summed E-state index contributed by atoms with van der Waals surface area (Å²) in [5, 5.41) is 1.77. The number of benzene rings is 1. The normalized spacial score (nSPS) is 10.8. The number of fused-ring (bicyclic) bond motifs is 1. The van der Waals surface area contributed by atoms with Crippen molar-refractivity contribution in [2.45, 2.75) is 13.5 Å². The standard InChI is InChI=1S/C11H11ClN2/c1-7-2-5-10(12)11-9(7)4-3-8(6-13)14-11/h2-5H,6,13H2,1H3. The maximum atomic E-state index is 6.05. The van der Waals surface area contributed by atoms with Crippen molar-refractivity contribution >= 4 is 22.5 Å². The minimum atomic E-state index is 0.445. The Hall–Kier alpha value is -1.12. The molecule has 0 bridgehead atoms. The summed E-state index contributed by atoms with van der Waals surface area (Å²) in [6, 6.07) is 7.82. The summed E-state index contributed by atoms with van der Waals surface area (Å²) < 4.78 is 0. The Balaban J connectivity index is 2.80. The van der Waals surface area contributed by atoms with Crippen molar-refractivity contribution < 1.29 is 0 Å². The largest absolute Gasteiger partial charge is 0.325 e. The summed E-state index contributed by atoms with van der Waals surface area (Å²) in [4.78, 5) is 4.40. The van der Waals surface area contributed by atoms with E-state index in [0.717, 1.165) is 16.6 Å². The van der Waals surface area contributed by atoms with E-state index in [2.05, 4.69) is 4.98 Å². The van der Waals surface area contributed by atoms with Crippen LogP contribution in [0, 0.1) is 6.92 Å². The molecule has 0 aliphatic rings. The van der Waals surface area contributed by atoms with Gasteiger partial charge in [0.15, 0.2) is 0 Å². The fourth-order valence-corrected chi connectivity index (χ4v) is 1.69. The van der Waals surface area contributed by atoms with E-state index in [1.54, 1.807) is 0 Å². The Morgan fingerprint density at radius 1 is 1.29 bits per heavy atom. The zero-order valence-corrected chi connectivity index (χ0v) is 8.67. The van der Waals surface area contributed by atoms with Crippen LogP contribution in [0.15, 0.2) is 24.3 Å². The minimum Gasteiger partial charge on any atom is -0.325 e. The van der Waals surface area contributed by atoms with Crippen LogP contribution in [0.4, 0.5) is 0 Å². The predicted octanol–water partition coefficient (Wildman–Crippen LogP) is 2.66. The van der Waals surface area contributed by atoms with E-state index in [-0.39, 0.29) is 0 Å². The summed E-state index contributed by atoms with van der Waals surface area (Å²) >= 11 is 6.05. The second-order valence-electron chi connectivity index (χ2n) is 3.27. The van der Waals surface area contributed by atoms with Gasteiger partial charge in [0, 0.05) is 11.9 Å². The third kappa shape index (κ3) is 1.47. The van der Waals surface area contributed by atoms with Crippen LogP contribution in [0.3, 0.4) is 0 Å². The van der Waals surface area contributed by atoms with Crippen molar-refractivity contribution in [3.8, 4) is 0 Å². The van der Waals surface area contributed by atoms with Crippen molar-refractivity contribution in [1.29, 1.82) is 0 Å². The number of rotatable bonds is 1. The fraction of sp³-hybridized carbons (Fsp3) is 0.182. The summed E-state index contributed by atoms with van der Waals surface area (Å²) in [7, 11) is 0. The van der Waals surface area contributed by atoms with Gasteiger partial charge in [0.2, 0.25) is 0 Å². The number of aryl methyl sites for hydroxylation is 1. The second-order valence-corrected chi connectivity index (χ2v) is 3.67. The summed E-state index contributed by atoms with van der Waals surface area (Å²) in [6.07, 6.45) is 0. The third-order valence-corrected chi connectivity index (χ3v) is 2.60. The first-order valence-electron chi connectivity index (χ1n) is 4.47. The number of hydrogen-bond acceptors (Lipinski definition) is 2. The van der Waals surface area contributed by atoms with Gasteiger partial charge in [-0.1, -0.05) is 23.7 Å². The monoisotopic (exact) mass is 206 g/mol. The van der Waals surface area contributed by atoms with Gasteiger partial charge in [0.1, 0.15) is 0 Å². The first kappa shape index (κ1) is 9.44. The number of aromatic nitrogens is 1. The van der Waals surface area contributed by atoms with Crippen LogP contribution in [-0.4, -0.2) is 4.98 Å². The van der Waals surface area contributed by atoms with Gasteiger partial charge < -0.3 is 5.73 Å². The van der Waals surface area contributed by atoms with Gasteiger partial charge in [-0.05, 0) is 24.6 Å². The van der Waals surface area contributed by atoms with Crippen molar-refractivity contribution in [3.05, 3.63) is 40.5 Å². The molecule has 0 radical (unpaired) electrons. The zero-order chi connectivity index (χ0) is 10.1. The maximum absolute atomic E-state index is 6.05. The molecule has 2 N–H and O–H groups in total. The van der Waals surface area contributed by atoms with Crippen molar-refractivity contribution in [3.63, 3.8) is 0 Å². The number of halogens is 1. The van der Waals surface area contributed by atoms with Crippen LogP contribution in [0.5, 0.6) is 0 Å². The van der Waals surface area contributed by atoms with Crippen molar-refractivity contribution in [2.75, 3.05) is 0 Å². The Bertz CT molecular complexity index is 480. The first-order valence-corrected chi connectivity index (χ1v) is 4.85. The van der Waals surface area contributed by atoms with Crippen LogP contribution in [0.2, 0.25) is 5.02 Å². The molecular weight excluding hydrogens is 196 g/mol. The number of pyridine rings is 1. The molecule has 2 nitrogen and oxygen atoms in total. The molecule has 1 aromatic heterocycles. The fourth-order valence-electron chi connectivity index (χ4n) is 1.48. The zero-order valence-electron chi connectivity index (χ0n) is 7.92. The summed E-state index contributed by atoms with van der Waals surface area (Å²) in [6.45, 7) is 2.49. The highest BCUT2D eigenvalue weighted by atomic mass is 35.5. The highest BCUT2D eigenvalue weighted by Crippen LogP contribution is 2.24. The van der Waals surface area contributed by atoms with Gasteiger partial charge in [0.25, 0.3) is 0 Å². The molecule has 0 spiro atoms. The lowest BCUT2D eigenvalue weighted by Gasteiger charge is -2.04. The molecule has 0 saturated carbocycles. The lowest BCUT2D eigenvalue weighted by atomic mass is 10.1. The van der Waals surface area contributed by atoms with Gasteiger partial charge in [-0.2, -0.15) is 0 Å². The Morgan fingerprint density at radius 2 is 2.07 bits per heavy atom. The summed E-state index contributed by atoms with van der Waals surface area (Å²) in [5.41, 5.74) is 8.41. The smallest absolute Gasteiger partial charge is 0.0894 e. The molecule has 2 aromatic rings. The van der Waals surface area contributed by atoms with Crippen LogP contribution < -0.4 is 5.73 Å². The molecule has 0 fully saturated rings. The topological polar surface area (TPSA) is 38.9 Å². The van der Waals surface area contributed by atoms with E-state index in [0.29, 0.717) is 11.6 Å². The van der Waals surface area contributed by atoms with Crippen molar-refractivity contribution in [2.24, 2.45) is 5.73 Å². The quantitative estimate of drug-likeness (QED) is 0.779. The Morgan fingerprint density at radius 3 is 2.79 bits per heavy atom. The number of nitrogens with zero attached hydrogens (tertiary/aromatic N) is 1. The predicted molar refractivity (Wildman–Crippen MR) is 59.4 cm³/mol. The molecule has 0 unspecified atom stereocenters. The van der Waals surface area contributed by atoms with Crippen LogP contribution in [0.1, 0.15) is 11.3 Å². The molecule has 72 valence electrons. The van der Waals surface area contributed by atoms with Gasteiger partial charge in [0.05, 0.1) is 16.2 Å². The second kappa shape index (κ2) is 3.56. The molecular formula is C11H11ClN2. The van der Waals surface area contributed by atoms with E-state index in [1.165, 1.54) is 5.56 Å². The lowest BCUT2D eigenvalue weighted by molar-refractivity contribution is 1.01. The molecule has 3 heteroatoms. The average molecular weight is 207 g/mol. The molecule has 0 aliphatic carbocycles. The summed E-state index contributed by atoms with van der Waals surface area (Å²) in [5.74, 6) is 0. The SMILES string of the molecule is Cc1ccc(Cl)c2nc(CN)ccc12. The van der Waals surface area contributed by atoms with Gasteiger partial charge in [-0.3, -0.25) is 0 Å². The molecule has 0 atom stereocenters. The van der Waals surface area contributed by atoms with Gasteiger partial charge in [-0.15, -0.1) is 0 Å². The van der Waals surface area contributed by atoms with E-state index in [4.69, 9.17) is 17.3 Å². The minimum absolute atomic E-state index is 0.445. The average Bonchev–Trinajstić information content (AvgIpc) is 2.23. The Labute approximate surface area is 87.7 Å². The molecule has 1 heterocycles. The lowest BCUT2D eigenvalue weighted by Crippen LogP contribution is -1.99. The molecule has 0 aliphatic heterocycles. The maximum Gasteiger partial charge on any atom is 0.0894 e. The molecule has 2 rings (SSSR count). The van der Waals surface area contributed by atoms with Crippen LogP contribution in [-0.2, 0) is 6.54 Å². The van der Waals surface area contributed by atoms with E-state index in [9.17, 15) is 0 Å². The first-order chi connectivity index (χ1) is 6.72. The number of nitrogens with two attached hydrogens (primary N) is 1. The van der Waals surface area contributed by atoms with E-state index < -0.39 is 0 Å². The Kier molecular flexibility index (Phi) is 2.40. The van der Waals surface area contributed by atoms with Gasteiger partial charge >= 0.3 is 0 Å². The van der Waals surface area contributed by atoms with Crippen molar-refractivity contribution in [1.82, 2.24) is 4.98 Å².